The summed E-state index contributed by atoms with van der Waals surface area (Å²) in [6.45, 7) is 1.49. The normalized spacial score (nSPS) is 16.6. The summed E-state index contributed by atoms with van der Waals surface area (Å²) >= 11 is 0. The summed E-state index contributed by atoms with van der Waals surface area (Å²) in [4.78, 5) is 26.3. The Balaban J connectivity index is 1.93. The smallest absolute Gasteiger partial charge is 0.279 e. The number of likely N-dealkylation sites (N-methyl/N-ethyl adjacent to an activating group) is 2. The van der Waals surface area contributed by atoms with Gasteiger partial charge in [0, 0.05) is 32.9 Å². The molecular weight excluding hydrogens is 368 g/mol. The van der Waals surface area contributed by atoms with Crippen LogP contribution in [0.4, 0.5) is 5.69 Å². The van der Waals surface area contributed by atoms with Crippen molar-refractivity contribution in [3.63, 3.8) is 0 Å². The molecule has 1 aliphatic heterocycles. The third-order valence-electron chi connectivity index (χ3n) is 4.51. The average Bonchev–Trinajstić information content (AvgIpc) is 2.62. The number of carbonyl (C=O) groups is 2. The molecule has 2 amide bonds. The topological polar surface area (TPSA) is 91.2 Å². The summed E-state index contributed by atoms with van der Waals surface area (Å²) in [5.74, 6) is -0.279. The Morgan fingerprint density at radius 1 is 1.07 bits per heavy atom. The van der Waals surface area contributed by atoms with Gasteiger partial charge >= 0.3 is 0 Å². The van der Waals surface area contributed by atoms with Crippen molar-refractivity contribution in [2.45, 2.75) is 24.2 Å². The molecule has 2 rings (SSSR count). The van der Waals surface area contributed by atoms with E-state index in [1.165, 1.54) is 21.3 Å². The predicted molar refractivity (Wildman–Crippen MR) is 103 cm³/mol. The van der Waals surface area contributed by atoms with Crippen LogP contribution in [0.1, 0.15) is 19.3 Å². The van der Waals surface area contributed by atoms with Crippen LogP contribution >= 0.6 is 0 Å². The highest BCUT2D eigenvalue weighted by Gasteiger charge is 2.25. The van der Waals surface area contributed by atoms with E-state index >= 15 is 0 Å². The molecule has 0 radical (unpaired) electrons. The summed E-state index contributed by atoms with van der Waals surface area (Å²) in [5, 5.41) is 2.74. The van der Waals surface area contributed by atoms with Gasteiger partial charge in [-0.05, 0) is 37.1 Å². The van der Waals surface area contributed by atoms with Gasteiger partial charge in [-0.2, -0.15) is 4.31 Å². The summed E-state index contributed by atoms with van der Waals surface area (Å²) in [6, 6.07) is 6.22. The summed E-state index contributed by atoms with van der Waals surface area (Å²) < 4.78 is 26.8. The molecular formula is C18H29N4O4S+. The highest BCUT2D eigenvalue weighted by atomic mass is 32.2. The zero-order chi connectivity index (χ0) is 20.0. The Morgan fingerprint density at radius 3 is 2.22 bits per heavy atom. The first-order chi connectivity index (χ1) is 12.7. The first-order valence-corrected chi connectivity index (χ1v) is 10.6. The van der Waals surface area contributed by atoms with Crippen molar-refractivity contribution in [3.05, 3.63) is 24.3 Å². The number of hydrogen-bond acceptors (Lipinski definition) is 4. The standard InChI is InChI=1S/C18H28N4O4S/c1-20(2)18(24)14-21(3)13-17(23)19-15-7-9-16(10-8-15)27(25,26)22-11-5-4-6-12-22/h7-10H,4-6,11-14H2,1-3H3,(H,19,23)/p+1. The molecule has 1 aromatic rings. The second kappa shape index (κ2) is 9.29. The van der Waals surface area contributed by atoms with Gasteiger partial charge in [-0.1, -0.05) is 6.42 Å². The molecule has 0 bridgehead atoms. The minimum absolute atomic E-state index is 0.0485. The second-order valence-corrected chi connectivity index (χ2v) is 9.07. The third kappa shape index (κ3) is 6.02. The Bertz CT molecular complexity index is 756. The molecule has 1 aromatic carbocycles. The van der Waals surface area contributed by atoms with Crippen LogP contribution < -0.4 is 10.2 Å². The Kier molecular flexibility index (Phi) is 7.34. The molecule has 1 saturated heterocycles. The van der Waals surface area contributed by atoms with Gasteiger partial charge in [0.15, 0.2) is 13.1 Å². The second-order valence-electron chi connectivity index (χ2n) is 7.14. The lowest BCUT2D eigenvalue weighted by molar-refractivity contribution is -0.862. The Morgan fingerprint density at radius 2 is 1.67 bits per heavy atom. The fourth-order valence-electron chi connectivity index (χ4n) is 2.92. The number of piperidine rings is 1. The monoisotopic (exact) mass is 397 g/mol. The molecule has 1 fully saturated rings. The van der Waals surface area contributed by atoms with Crippen LogP contribution in [0.15, 0.2) is 29.2 Å². The fourth-order valence-corrected chi connectivity index (χ4v) is 4.44. The number of amides is 2. The van der Waals surface area contributed by atoms with Crippen LogP contribution in [0.25, 0.3) is 0 Å². The van der Waals surface area contributed by atoms with Crippen LogP contribution in [0.3, 0.4) is 0 Å². The maximum absolute atomic E-state index is 12.6. The molecule has 1 heterocycles. The van der Waals surface area contributed by atoms with E-state index in [9.17, 15) is 18.0 Å². The van der Waals surface area contributed by atoms with Gasteiger partial charge in [-0.3, -0.25) is 9.59 Å². The summed E-state index contributed by atoms with van der Waals surface area (Å²) in [5.41, 5.74) is 0.532. The van der Waals surface area contributed by atoms with E-state index in [2.05, 4.69) is 5.32 Å². The van der Waals surface area contributed by atoms with Crippen molar-refractivity contribution < 1.29 is 22.9 Å². The number of sulfonamides is 1. The maximum atomic E-state index is 12.6. The molecule has 0 aliphatic carbocycles. The molecule has 150 valence electrons. The number of nitrogens with zero attached hydrogens (tertiary/aromatic N) is 2. The van der Waals surface area contributed by atoms with E-state index in [4.69, 9.17) is 0 Å². The highest BCUT2D eigenvalue weighted by Crippen LogP contribution is 2.21. The van der Waals surface area contributed by atoms with Gasteiger partial charge < -0.3 is 15.1 Å². The Hall–Kier alpha value is -1.97. The quantitative estimate of drug-likeness (QED) is 0.643. The molecule has 27 heavy (non-hydrogen) atoms. The number of anilines is 1. The van der Waals surface area contributed by atoms with E-state index in [0.29, 0.717) is 18.8 Å². The van der Waals surface area contributed by atoms with Gasteiger partial charge in [-0.25, -0.2) is 8.42 Å². The average molecular weight is 398 g/mol. The van der Waals surface area contributed by atoms with E-state index < -0.39 is 10.0 Å². The van der Waals surface area contributed by atoms with Crippen molar-refractivity contribution in [3.8, 4) is 0 Å². The lowest BCUT2D eigenvalue weighted by Crippen LogP contribution is -3.11. The number of carbonyl (C=O) groups excluding carboxylic acids is 2. The minimum Gasteiger partial charge on any atom is -0.344 e. The number of benzene rings is 1. The summed E-state index contributed by atoms with van der Waals surface area (Å²) in [6.07, 6.45) is 2.84. The SMILES string of the molecule is CN(C)C(=O)C[NH+](C)CC(=O)Nc1ccc(S(=O)(=O)N2CCCCC2)cc1. The van der Waals surface area contributed by atoms with Gasteiger partial charge in [0.25, 0.3) is 11.8 Å². The predicted octanol–water partition coefficient (Wildman–Crippen LogP) is -0.597. The lowest BCUT2D eigenvalue weighted by Gasteiger charge is -2.25. The first kappa shape index (κ1) is 21.3. The van der Waals surface area contributed by atoms with Crippen LogP contribution in [0.2, 0.25) is 0 Å². The van der Waals surface area contributed by atoms with Gasteiger partial charge in [0.05, 0.1) is 11.9 Å². The van der Waals surface area contributed by atoms with Crippen LogP contribution in [0, 0.1) is 0 Å². The van der Waals surface area contributed by atoms with Gasteiger partial charge in [0.1, 0.15) is 0 Å². The molecule has 0 saturated carbocycles. The summed E-state index contributed by atoms with van der Waals surface area (Å²) in [7, 11) is 1.65. The molecule has 2 N–H and O–H groups in total. The van der Waals surface area contributed by atoms with E-state index in [1.54, 1.807) is 33.3 Å². The fraction of sp³-hybridized carbons (Fsp3) is 0.556. The van der Waals surface area contributed by atoms with Crippen molar-refractivity contribution in [2.75, 3.05) is 52.6 Å². The number of quaternary nitrogens is 1. The molecule has 9 heteroatoms. The van der Waals surface area contributed by atoms with Gasteiger partial charge in [-0.15, -0.1) is 0 Å². The molecule has 1 atom stereocenters. The highest BCUT2D eigenvalue weighted by molar-refractivity contribution is 7.89. The van der Waals surface area contributed by atoms with E-state index in [-0.39, 0.29) is 29.8 Å². The third-order valence-corrected chi connectivity index (χ3v) is 6.42. The van der Waals surface area contributed by atoms with Crippen LogP contribution in [-0.2, 0) is 19.6 Å². The maximum Gasteiger partial charge on any atom is 0.279 e. The van der Waals surface area contributed by atoms with E-state index in [0.717, 1.165) is 24.2 Å². The lowest BCUT2D eigenvalue weighted by atomic mass is 10.2. The first-order valence-electron chi connectivity index (χ1n) is 9.11. The van der Waals surface area contributed by atoms with E-state index in [1.807, 2.05) is 0 Å². The number of rotatable bonds is 7. The minimum atomic E-state index is -3.47. The number of nitrogens with one attached hydrogen (secondary N) is 2. The van der Waals surface area contributed by atoms with Crippen LogP contribution in [-0.4, -0.2) is 76.8 Å². The Labute approximate surface area is 161 Å². The van der Waals surface area contributed by atoms with Crippen molar-refractivity contribution in [2.24, 2.45) is 0 Å². The molecule has 0 spiro atoms. The largest absolute Gasteiger partial charge is 0.344 e. The molecule has 0 aromatic heterocycles. The molecule has 1 aliphatic rings. The van der Waals surface area contributed by atoms with Crippen molar-refractivity contribution >= 4 is 27.5 Å². The zero-order valence-electron chi connectivity index (χ0n) is 16.2. The van der Waals surface area contributed by atoms with Gasteiger partial charge in [0.2, 0.25) is 10.0 Å². The molecule has 8 nitrogen and oxygen atoms in total. The zero-order valence-corrected chi connectivity index (χ0v) is 17.0. The van der Waals surface area contributed by atoms with Crippen molar-refractivity contribution in [1.82, 2.24) is 9.21 Å². The molecule has 1 unspecified atom stereocenters. The van der Waals surface area contributed by atoms with Crippen LogP contribution in [0.5, 0.6) is 0 Å². The number of hydrogen-bond donors (Lipinski definition) is 2. The van der Waals surface area contributed by atoms with Crippen molar-refractivity contribution in [1.29, 1.82) is 0 Å².